The minimum Gasteiger partial charge on any atom is -0.508 e. The summed E-state index contributed by atoms with van der Waals surface area (Å²) >= 11 is 0. The Balaban J connectivity index is 1.93. The molecule has 1 saturated heterocycles. The van der Waals surface area contributed by atoms with Gasteiger partial charge in [0.1, 0.15) is 40.8 Å². The highest BCUT2D eigenvalue weighted by molar-refractivity contribution is 5.88. The molecule has 0 spiro atoms. The third-order valence-electron chi connectivity index (χ3n) is 5.40. The maximum absolute atomic E-state index is 13.3. The van der Waals surface area contributed by atoms with E-state index in [4.69, 9.17) is 18.6 Å². The molecule has 1 aliphatic rings. The predicted octanol–water partition coefficient (Wildman–Crippen LogP) is 0.792. The molecule has 0 saturated carbocycles. The predicted molar refractivity (Wildman–Crippen MR) is 112 cm³/mol. The molecule has 2 heterocycles. The van der Waals surface area contributed by atoms with Gasteiger partial charge in [0.05, 0.1) is 13.2 Å². The van der Waals surface area contributed by atoms with Crippen LogP contribution in [0.5, 0.6) is 28.7 Å². The summed E-state index contributed by atoms with van der Waals surface area (Å²) in [6.45, 7) is 1.44. The van der Waals surface area contributed by atoms with Crippen molar-refractivity contribution in [2.24, 2.45) is 0 Å². The Morgan fingerprint density at radius 1 is 0.939 bits per heavy atom. The van der Waals surface area contributed by atoms with Gasteiger partial charge in [-0.2, -0.15) is 0 Å². The normalized spacial score (nSPS) is 25.2. The smallest absolute Gasteiger partial charge is 0.239 e. The Labute approximate surface area is 186 Å². The van der Waals surface area contributed by atoms with Crippen molar-refractivity contribution in [1.82, 2.24) is 0 Å². The van der Waals surface area contributed by atoms with Crippen LogP contribution in [0, 0.1) is 0 Å². The van der Waals surface area contributed by atoms with E-state index in [0.29, 0.717) is 0 Å². The second kappa shape index (κ2) is 8.45. The van der Waals surface area contributed by atoms with Crippen LogP contribution in [0.1, 0.15) is 6.92 Å². The van der Waals surface area contributed by atoms with Crippen LogP contribution < -0.4 is 14.9 Å². The van der Waals surface area contributed by atoms with Gasteiger partial charge in [-0.15, -0.1) is 0 Å². The number of benzene rings is 2. The highest BCUT2D eigenvalue weighted by Crippen LogP contribution is 2.39. The van der Waals surface area contributed by atoms with E-state index < -0.39 is 47.6 Å². The molecule has 0 aliphatic carbocycles. The van der Waals surface area contributed by atoms with Gasteiger partial charge in [-0.3, -0.25) is 4.79 Å². The average Bonchev–Trinajstić information content (AvgIpc) is 2.77. The number of hydrogen-bond acceptors (Lipinski definition) is 11. The first kappa shape index (κ1) is 22.7. The molecule has 1 aliphatic heterocycles. The maximum Gasteiger partial charge on any atom is 0.239 e. The first-order valence-electron chi connectivity index (χ1n) is 9.88. The SMILES string of the molecule is COc1cc(-c2oc3cc(O)cc(O)c3c(=O)c2O[C@H]2O[C@@H](C)[C@@H](O)[C@H](O)[C@@H]2O)ccc1O. The van der Waals surface area contributed by atoms with Crippen molar-refractivity contribution in [3.8, 4) is 40.1 Å². The van der Waals surface area contributed by atoms with Crippen molar-refractivity contribution >= 4 is 11.0 Å². The summed E-state index contributed by atoms with van der Waals surface area (Å²) in [5.74, 6) is -1.74. The lowest BCUT2D eigenvalue weighted by Gasteiger charge is -2.38. The highest BCUT2D eigenvalue weighted by atomic mass is 16.7. The molecule has 4 rings (SSSR count). The van der Waals surface area contributed by atoms with Crippen LogP contribution in [0.3, 0.4) is 0 Å². The van der Waals surface area contributed by atoms with E-state index in [-0.39, 0.29) is 39.5 Å². The van der Waals surface area contributed by atoms with E-state index in [9.17, 15) is 35.4 Å². The number of aliphatic hydroxyl groups is 3. The number of fused-ring (bicyclic) bond motifs is 1. The molecule has 3 aromatic rings. The van der Waals surface area contributed by atoms with E-state index >= 15 is 0 Å². The van der Waals surface area contributed by atoms with Crippen LogP contribution in [0.15, 0.2) is 39.5 Å². The summed E-state index contributed by atoms with van der Waals surface area (Å²) in [7, 11) is 1.32. The van der Waals surface area contributed by atoms with Crippen LogP contribution in [-0.2, 0) is 4.74 Å². The van der Waals surface area contributed by atoms with Crippen molar-refractivity contribution in [3.05, 3.63) is 40.6 Å². The number of aromatic hydroxyl groups is 3. The summed E-state index contributed by atoms with van der Waals surface area (Å²) in [6.07, 6.45) is -7.24. The molecular formula is C22H22O11. The fraction of sp³-hybridized carbons (Fsp3) is 0.318. The number of rotatable bonds is 4. The second-order valence-electron chi connectivity index (χ2n) is 7.61. The zero-order valence-electron chi connectivity index (χ0n) is 17.5. The molecular weight excluding hydrogens is 440 g/mol. The molecule has 176 valence electrons. The summed E-state index contributed by atoms with van der Waals surface area (Å²) in [4.78, 5) is 13.3. The number of phenolic OH excluding ortho intramolecular Hbond substituents is 3. The molecule has 2 aromatic carbocycles. The van der Waals surface area contributed by atoms with Gasteiger partial charge in [0.15, 0.2) is 17.3 Å². The standard InChI is InChI=1S/C22H22O11/c1-8-16(26)18(28)19(29)22(31-8)33-21-17(27)15-12(25)6-10(23)7-14(15)32-20(21)9-3-4-11(24)13(5-9)30-2/h3-8,16,18-19,22-26,28-29H,1-2H3/t8-,16+,18-,19-,22+/m0/s1. The largest absolute Gasteiger partial charge is 0.508 e. The van der Waals surface area contributed by atoms with E-state index in [2.05, 4.69) is 0 Å². The molecule has 1 fully saturated rings. The quantitative estimate of drug-likeness (QED) is 0.323. The average molecular weight is 462 g/mol. The van der Waals surface area contributed by atoms with Gasteiger partial charge in [-0.25, -0.2) is 0 Å². The summed E-state index contributed by atoms with van der Waals surface area (Å²) < 4.78 is 21.9. The van der Waals surface area contributed by atoms with Crippen LogP contribution >= 0.6 is 0 Å². The van der Waals surface area contributed by atoms with Crippen molar-refractivity contribution in [1.29, 1.82) is 0 Å². The molecule has 33 heavy (non-hydrogen) atoms. The molecule has 0 radical (unpaired) electrons. The Kier molecular flexibility index (Phi) is 5.80. The Bertz CT molecular complexity index is 1250. The van der Waals surface area contributed by atoms with Crippen molar-refractivity contribution in [2.45, 2.75) is 37.6 Å². The lowest BCUT2D eigenvalue weighted by Crippen LogP contribution is -2.58. The lowest BCUT2D eigenvalue weighted by molar-refractivity contribution is -0.268. The topological polar surface area (TPSA) is 179 Å². The Morgan fingerprint density at radius 2 is 1.67 bits per heavy atom. The molecule has 0 bridgehead atoms. The molecule has 11 nitrogen and oxygen atoms in total. The van der Waals surface area contributed by atoms with Gasteiger partial charge in [0.25, 0.3) is 0 Å². The van der Waals surface area contributed by atoms with Gasteiger partial charge >= 0.3 is 0 Å². The third kappa shape index (κ3) is 3.91. The van der Waals surface area contributed by atoms with Gasteiger partial charge < -0.3 is 49.3 Å². The summed E-state index contributed by atoms with van der Waals surface area (Å²) in [5.41, 5.74) is -0.818. The first-order valence-corrected chi connectivity index (χ1v) is 9.88. The van der Waals surface area contributed by atoms with Crippen molar-refractivity contribution in [2.75, 3.05) is 7.11 Å². The molecule has 0 amide bonds. The number of aliphatic hydroxyl groups excluding tert-OH is 3. The van der Waals surface area contributed by atoms with Gasteiger partial charge in [-0.1, -0.05) is 0 Å². The number of ether oxygens (including phenoxy) is 3. The highest BCUT2D eigenvalue weighted by Gasteiger charge is 2.44. The van der Waals surface area contributed by atoms with E-state index in [1.807, 2.05) is 0 Å². The molecule has 11 heteroatoms. The minimum absolute atomic E-state index is 0.0565. The van der Waals surface area contributed by atoms with E-state index in [1.54, 1.807) is 0 Å². The Morgan fingerprint density at radius 3 is 2.36 bits per heavy atom. The number of hydrogen-bond donors (Lipinski definition) is 6. The molecule has 0 unspecified atom stereocenters. The number of phenols is 3. The van der Waals surface area contributed by atoms with Gasteiger partial charge in [0, 0.05) is 17.7 Å². The van der Waals surface area contributed by atoms with E-state index in [1.165, 1.54) is 32.2 Å². The molecule has 6 N–H and O–H groups in total. The van der Waals surface area contributed by atoms with E-state index in [0.717, 1.165) is 12.1 Å². The zero-order chi connectivity index (χ0) is 24.0. The van der Waals surface area contributed by atoms with Crippen molar-refractivity contribution in [3.63, 3.8) is 0 Å². The monoisotopic (exact) mass is 462 g/mol. The van der Waals surface area contributed by atoms with Crippen LogP contribution in [0.4, 0.5) is 0 Å². The third-order valence-corrected chi connectivity index (χ3v) is 5.40. The first-order chi connectivity index (χ1) is 15.6. The second-order valence-corrected chi connectivity index (χ2v) is 7.61. The van der Waals surface area contributed by atoms with Crippen molar-refractivity contribution < 1.29 is 49.3 Å². The van der Waals surface area contributed by atoms with Gasteiger partial charge in [-0.05, 0) is 25.1 Å². The van der Waals surface area contributed by atoms with Crippen LogP contribution in [0.25, 0.3) is 22.3 Å². The maximum atomic E-state index is 13.3. The fourth-order valence-electron chi connectivity index (χ4n) is 3.61. The summed E-state index contributed by atoms with van der Waals surface area (Å²) in [6, 6.07) is 6.11. The number of methoxy groups -OCH3 is 1. The zero-order valence-corrected chi connectivity index (χ0v) is 17.5. The summed E-state index contributed by atoms with van der Waals surface area (Å²) in [5, 5.41) is 60.0. The van der Waals surface area contributed by atoms with Crippen LogP contribution in [0.2, 0.25) is 0 Å². The Hall–Kier alpha value is -3.51. The fourth-order valence-corrected chi connectivity index (χ4v) is 3.61. The van der Waals surface area contributed by atoms with Gasteiger partial charge in [0.2, 0.25) is 17.5 Å². The molecule has 1 aromatic heterocycles. The van der Waals surface area contributed by atoms with Crippen LogP contribution in [-0.4, -0.2) is 68.5 Å². The minimum atomic E-state index is -1.72. The molecule has 5 atom stereocenters. The lowest BCUT2D eigenvalue weighted by atomic mass is 10.00.